The third-order valence-electron chi connectivity index (χ3n) is 3.08. The first-order valence-electron chi connectivity index (χ1n) is 6.44. The lowest BCUT2D eigenvalue weighted by Gasteiger charge is -2.17. The molecular weight excluding hydrogens is 199 g/mol. The molecule has 0 spiro atoms. The van der Waals surface area contributed by atoms with Crippen molar-refractivity contribution in [2.45, 2.75) is 58.8 Å². The minimum Gasteiger partial charge on any atom is -0.207 e. The number of benzene rings is 1. The summed E-state index contributed by atoms with van der Waals surface area (Å²) in [6.07, 6.45) is 5.98. The van der Waals surface area contributed by atoms with Crippen LogP contribution in [0.2, 0.25) is 0 Å². The van der Waals surface area contributed by atoms with Gasteiger partial charge in [0.05, 0.1) is 0 Å². The SMILES string of the molecule is CCCCC(CCC)c1cc(C)cc(F)c1. The van der Waals surface area contributed by atoms with Crippen molar-refractivity contribution in [2.24, 2.45) is 0 Å². The van der Waals surface area contributed by atoms with Gasteiger partial charge in [0.15, 0.2) is 0 Å². The molecule has 1 rings (SSSR count). The van der Waals surface area contributed by atoms with E-state index in [1.165, 1.54) is 37.7 Å². The van der Waals surface area contributed by atoms with E-state index in [1.54, 1.807) is 12.1 Å². The van der Waals surface area contributed by atoms with Crippen molar-refractivity contribution in [1.29, 1.82) is 0 Å². The number of unbranched alkanes of at least 4 members (excludes halogenated alkanes) is 1. The van der Waals surface area contributed by atoms with Crippen LogP contribution < -0.4 is 0 Å². The largest absolute Gasteiger partial charge is 0.207 e. The van der Waals surface area contributed by atoms with Crippen molar-refractivity contribution in [1.82, 2.24) is 0 Å². The lowest BCUT2D eigenvalue weighted by Crippen LogP contribution is -2.00. The summed E-state index contributed by atoms with van der Waals surface area (Å²) in [5, 5.41) is 0. The Morgan fingerprint density at radius 2 is 1.81 bits per heavy atom. The highest BCUT2D eigenvalue weighted by Crippen LogP contribution is 2.28. The van der Waals surface area contributed by atoms with Crippen LogP contribution in [0.3, 0.4) is 0 Å². The van der Waals surface area contributed by atoms with Crippen LogP contribution in [-0.2, 0) is 0 Å². The third-order valence-corrected chi connectivity index (χ3v) is 3.08. The fourth-order valence-electron chi connectivity index (χ4n) is 2.28. The first-order chi connectivity index (χ1) is 7.67. The molecule has 0 radical (unpaired) electrons. The Kier molecular flexibility index (Phi) is 5.51. The molecule has 0 aliphatic heterocycles. The van der Waals surface area contributed by atoms with E-state index in [4.69, 9.17) is 0 Å². The molecule has 0 amide bonds. The average molecular weight is 222 g/mol. The summed E-state index contributed by atoms with van der Waals surface area (Å²) in [6, 6.07) is 5.45. The highest BCUT2D eigenvalue weighted by molar-refractivity contribution is 5.26. The molecule has 0 heterocycles. The fraction of sp³-hybridized carbons (Fsp3) is 0.600. The van der Waals surface area contributed by atoms with E-state index in [0.29, 0.717) is 5.92 Å². The Balaban J connectivity index is 2.82. The molecule has 1 aromatic carbocycles. The molecule has 1 aromatic rings. The highest BCUT2D eigenvalue weighted by Gasteiger charge is 2.11. The van der Waals surface area contributed by atoms with Gasteiger partial charge in [-0.1, -0.05) is 39.2 Å². The Morgan fingerprint density at radius 3 is 2.38 bits per heavy atom. The summed E-state index contributed by atoms with van der Waals surface area (Å²) in [6.45, 7) is 6.38. The topological polar surface area (TPSA) is 0 Å². The molecule has 0 N–H and O–H groups in total. The van der Waals surface area contributed by atoms with Gasteiger partial charge in [-0.05, 0) is 48.9 Å². The van der Waals surface area contributed by atoms with Crippen molar-refractivity contribution in [3.8, 4) is 0 Å². The van der Waals surface area contributed by atoms with Gasteiger partial charge in [0.2, 0.25) is 0 Å². The molecule has 0 fully saturated rings. The zero-order valence-electron chi connectivity index (χ0n) is 10.7. The van der Waals surface area contributed by atoms with Crippen LogP contribution in [0.25, 0.3) is 0 Å². The van der Waals surface area contributed by atoms with Crippen molar-refractivity contribution in [3.63, 3.8) is 0 Å². The minimum atomic E-state index is -0.0902. The van der Waals surface area contributed by atoms with E-state index in [0.717, 1.165) is 5.56 Å². The van der Waals surface area contributed by atoms with E-state index >= 15 is 0 Å². The lowest BCUT2D eigenvalue weighted by atomic mass is 9.89. The maximum Gasteiger partial charge on any atom is 0.123 e. The van der Waals surface area contributed by atoms with Crippen LogP contribution in [0.1, 0.15) is 63.0 Å². The summed E-state index contributed by atoms with van der Waals surface area (Å²) in [4.78, 5) is 0. The van der Waals surface area contributed by atoms with E-state index in [9.17, 15) is 4.39 Å². The molecule has 16 heavy (non-hydrogen) atoms. The van der Waals surface area contributed by atoms with Crippen molar-refractivity contribution in [3.05, 3.63) is 35.1 Å². The lowest BCUT2D eigenvalue weighted by molar-refractivity contribution is 0.535. The number of rotatable bonds is 6. The van der Waals surface area contributed by atoms with E-state index in [1.807, 2.05) is 6.92 Å². The number of halogens is 1. The van der Waals surface area contributed by atoms with Crippen molar-refractivity contribution >= 4 is 0 Å². The van der Waals surface area contributed by atoms with E-state index < -0.39 is 0 Å². The Morgan fingerprint density at radius 1 is 1.06 bits per heavy atom. The second-order valence-corrected chi connectivity index (χ2v) is 4.69. The standard InChI is InChI=1S/C15H23F/c1-4-6-8-13(7-5-2)14-9-12(3)10-15(16)11-14/h9-11,13H,4-8H2,1-3H3. The van der Waals surface area contributed by atoms with Crippen LogP contribution in [0.5, 0.6) is 0 Å². The summed E-state index contributed by atoms with van der Waals surface area (Å²) in [5.74, 6) is 0.451. The monoisotopic (exact) mass is 222 g/mol. The molecule has 0 saturated heterocycles. The second-order valence-electron chi connectivity index (χ2n) is 4.69. The Hall–Kier alpha value is -0.850. The number of hydrogen-bond acceptors (Lipinski definition) is 0. The van der Waals surface area contributed by atoms with E-state index in [2.05, 4.69) is 19.9 Å². The molecule has 1 atom stereocenters. The fourth-order valence-corrected chi connectivity index (χ4v) is 2.28. The van der Waals surface area contributed by atoms with Gasteiger partial charge in [-0.25, -0.2) is 4.39 Å². The average Bonchev–Trinajstić information content (AvgIpc) is 2.22. The molecule has 0 saturated carbocycles. The summed E-state index contributed by atoms with van der Waals surface area (Å²) in [5.41, 5.74) is 2.22. The van der Waals surface area contributed by atoms with Gasteiger partial charge in [-0.2, -0.15) is 0 Å². The molecule has 0 aliphatic carbocycles. The smallest absolute Gasteiger partial charge is 0.123 e. The Labute approximate surface area is 98.9 Å². The van der Waals surface area contributed by atoms with Crippen LogP contribution in [0.15, 0.2) is 18.2 Å². The quantitative estimate of drug-likeness (QED) is 0.620. The second kappa shape index (κ2) is 6.67. The highest BCUT2D eigenvalue weighted by atomic mass is 19.1. The van der Waals surface area contributed by atoms with E-state index in [-0.39, 0.29) is 5.82 Å². The summed E-state index contributed by atoms with van der Waals surface area (Å²) in [7, 11) is 0. The van der Waals surface area contributed by atoms with Gasteiger partial charge in [-0.3, -0.25) is 0 Å². The van der Waals surface area contributed by atoms with Crippen molar-refractivity contribution < 1.29 is 4.39 Å². The third kappa shape index (κ3) is 3.96. The first kappa shape index (κ1) is 13.2. The molecule has 0 aromatic heterocycles. The number of aryl methyl sites for hydroxylation is 1. The van der Waals surface area contributed by atoms with Gasteiger partial charge in [0.25, 0.3) is 0 Å². The molecule has 0 aliphatic rings. The molecule has 1 heteroatoms. The minimum absolute atomic E-state index is 0.0902. The van der Waals surface area contributed by atoms with Gasteiger partial charge >= 0.3 is 0 Å². The van der Waals surface area contributed by atoms with Crippen LogP contribution in [0.4, 0.5) is 4.39 Å². The zero-order chi connectivity index (χ0) is 12.0. The zero-order valence-corrected chi connectivity index (χ0v) is 10.7. The predicted molar refractivity (Wildman–Crippen MR) is 68.3 cm³/mol. The molecule has 0 nitrogen and oxygen atoms in total. The van der Waals surface area contributed by atoms with Gasteiger partial charge in [-0.15, -0.1) is 0 Å². The molecule has 1 unspecified atom stereocenters. The maximum absolute atomic E-state index is 13.4. The maximum atomic E-state index is 13.4. The van der Waals surface area contributed by atoms with Gasteiger partial charge in [0.1, 0.15) is 5.82 Å². The first-order valence-corrected chi connectivity index (χ1v) is 6.44. The number of hydrogen-bond donors (Lipinski definition) is 0. The molecular formula is C15H23F. The predicted octanol–water partition coefficient (Wildman–Crippen LogP) is 5.21. The molecule has 90 valence electrons. The normalized spacial score (nSPS) is 12.8. The summed E-state index contributed by atoms with van der Waals surface area (Å²) >= 11 is 0. The van der Waals surface area contributed by atoms with Gasteiger partial charge in [0, 0.05) is 0 Å². The Bertz CT molecular complexity index is 297. The van der Waals surface area contributed by atoms with Crippen LogP contribution in [0, 0.1) is 12.7 Å². The van der Waals surface area contributed by atoms with Crippen LogP contribution in [-0.4, -0.2) is 0 Å². The van der Waals surface area contributed by atoms with Crippen molar-refractivity contribution in [2.75, 3.05) is 0 Å². The van der Waals surface area contributed by atoms with Gasteiger partial charge < -0.3 is 0 Å². The van der Waals surface area contributed by atoms with Crippen LogP contribution >= 0.6 is 0 Å². The molecule has 0 bridgehead atoms. The summed E-state index contributed by atoms with van der Waals surface area (Å²) < 4.78 is 13.4.